The molecular formula is C25H20N4O2P2. The van der Waals surface area contributed by atoms with E-state index in [-0.39, 0.29) is 17.2 Å². The number of rotatable bonds is 7. The van der Waals surface area contributed by atoms with E-state index in [1.165, 1.54) is 16.3 Å². The zero-order valence-corrected chi connectivity index (χ0v) is 19.7. The average molecular weight is 470 g/mol. The minimum Gasteiger partial charge on any atom is -0.338 e. The Balaban J connectivity index is 1.44. The van der Waals surface area contributed by atoms with Gasteiger partial charge in [-0.3, -0.25) is 9.59 Å². The van der Waals surface area contributed by atoms with Gasteiger partial charge in [-0.1, -0.05) is 48.5 Å². The van der Waals surface area contributed by atoms with E-state index in [1.807, 2.05) is 0 Å². The number of aromatic amines is 2. The maximum atomic E-state index is 10.8. The minimum atomic E-state index is 0.0374. The first-order chi connectivity index (χ1) is 16.2. The van der Waals surface area contributed by atoms with E-state index >= 15 is 0 Å². The van der Waals surface area contributed by atoms with Crippen LogP contribution in [0.15, 0.2) is 67.0 Å². The maximum absolute atomic E-state index is 10.8. The van der Waals surface area contributed by atoms with Crippen LogP contribution in [0, 0.1) is 6.92 Å². The molecule has 0 aliphatic rings. The standard InChI is InChI=1S/C25H20N4O2P2/c1-15-20-8-6-18(10-19(20)7-9-21(15)23-12-27-25(29-23)33-14-31)16-2-4-17(5-3-16)22-11-26-24(28-22)32-13-30/h2-14,32-33H,1H3,(H,26,28)(H,27,29). The van der Waals surface area contributed by atoms with Crippen molar-refractivity contribution >= 4 is 51.1 Å². The second-order valence-electron chi connectivity index (χ2n) is 7.57. The molecular weight excluding hydrogens is 450 g/mol. The van der Waals surface area contributed by atoms with Gasteiger partial charge in [0, 0.05) is 22.7 Å². The molecule has 2 aromatic heterocycles. The lowest BCUT2D eigenvalue weighted by Gasteiger charge is -2.10. The molecule has 0 amide bonds. The first-order valence-electron chi connectivity index (χ1n) is 10.3. The van der Waals surface area contributed by atoms with Crippen LogP contribution in [0.2, 0.25) is 0 Å². The Bertz CT molecular complexity index is 1470. The van der Waals surface area contributed by atoms with Crippen molar-refractivity contribution < 1.29 is 9.59 Å². The van der Waals surface area contributed by atoms with Crippen LogP contribution < -0.4 is 11.1 Å². The third-order valence-electron chi connectivity index (χ3n) is 5.65. The summed E-state index contributed by atoms with van der Waals surface area (Å²) in [7, 11) is 0.0790. The highest BCUT2D eigenvalue weighted by Gasteiger charge is 2.10. The molecule has 2 atom stereocenters. The first-order valence-corrected chi connectivity index (χ1v) is 12.5. The van der Waals surface area contributed by atoms with Crippen molar-refractivity contribution in [2.75, 3.05) is 0 Å². The summed E-state index contributed by atoms with van der Waals surface area (Å²) < 4.78 is 0. The Morgan fingerprint density at radius 3 is 2.03 bits per heavy atom. The van der Waals surface area contributed by atoms with Gasteiger partial charge in [-0.15, -0.1) is 0 Å². The second-order valence-corrected chi connectivity index (χ2v) is 9.56. The third-order valence-corrected chi connectivity index (χ3v) is 6.94. The summed E-state index contributed by atoms with van der Waals surface area (Å²) in [5.41, 5.74) is 8.79. The molecule has 0 spiro atoms. The average Bonchev–Trinajstić information content (AvgIpc) is 3.50. The van der Waals surface area contributed by atoms with Crippen molar-refractivity contribution in [1.29, 1.82) is 0 Å². The smallest absolute Gasteiger partial charge is 0.146 e. The number of carbonyl (C=O) groups is 2. The van der Waals surface area contributed by atoms with Crippen LogP contribution in [-0.4, -0.2) is 32.0 Å². The molecule has 6 nitrogen and oxygen atoms in total. The molecule has 2 heterocycles. The Morgan fingerprint density at radius 2 is 1.33 bits per heavy atom. The zero-order chi connectivity index (χ0) is 22.8. The summed E-state index contributed by atoms with van der Waals surface area (Å²) in [6.45, 7) is 2.11. The van der Waals surface area contributed by atoms with E-state index in [2.05, 4.69) is 81.5 Å². The number of fused-ring (bicyclic) bond motifs is 1. The van der Waals surface area contributed by atoms with E-state index in [4.69, 9.17) is 0 Å². The van der Waals surface area contributed by atoms with Crippen LogP contribution in [0.1, 0.15) is 5.56 Å². The largest absolute Gasteiger partial charge is 0.338 e. The summed E-state index contributed by atoms with van der Waals surface area (Å²) in [5, 5.41) is 2.35. The lowest BCUT2D eigenvalue weighted by atomic mass is 9.95. The van der Waals surface area contributed by atoms with Crippen molar-refractivity contribution in [2.45, 2.75) is 6.92 Å². The van der Waals surface area contributed by atoms with Crippen molar-refractivity contribution in [3.63, 3.8) is 0 Å². The van der Waals surface area contributed by atoms with Crippen molar-refractivity contribution in [1.82, 2.24) is 19.9 Å². The number of hydrogen-bond acceptors (Lipinski definition) is 4. The first kappa shape index (κ1) is 21.4. The number of nitrogens with one attached hydrogen (secondary N) is 2. The third kappa shape index (κ3) is 4.28. The molecule has 0 aliphatic carbocycles. The molecule has 33 heavy (non-hydrogen) atoms. The molecule has 0 bridgehead atoms. The van der Waals surface area contributed by atoms with Crippen molar-refractivity contribution in [3.8, 4) is 33.6 Å². The molecule has 3 aromatic carbocycles. The Kier molecular flexibility index (Phi) is 5.95. The van der Waals surface area contributed by atoms with Gasteiger partial charge in [0.25, 0.3) is 0 Å². The van der Waals surface area contributed by atoms with Crippen LogP contribution in [0.4, 0.5) is 0 Å². The molecule has 2 unspecified atom stereocenters. The summed E-state index contributed by atoms with van der Waals surface area (Å²) in [6.07, 6.45) is 3.55. The van der Waals surface area contributed by atoms with E-state index in [9.17, 15) is 9.59 Å². The summed E-state index contributed by atoms with van der Waals surface area (Å²) in [5.74, 6) is 0. The minimum absolute atomic E-state index is 0.0374. The summed E-state index contributed by atoms with van der Waals surface area (Å²) in [6, 6.07) is 20.8. The van der Waals surface area contributed by atoms with Gasteiger partial charge < -0.3 is 9.97 Å². The van der Waals surface area contributed by atoms with Crippen molar-refractivity contribution in [2.24, 2.45) is 0 Å². The molecule has 162 valence electrons. The molecule has 0 radical (unpaired) electrons. The monoisotopic (exact) mass is 470 g/mol. The summed E-state index contributed by atoms with van der Waals surface area (Å²) in [4.78, 5) is 36.4. The fourth-order valence-electron chi connectivity index (χ4n) is 3.98. The number of aromatic nitrogens is 4. The van der Waals surface area contributed by atoms with Crippen LogP contribution >= 0.6 is 17.2 Å². The Hall–Kier alpha value is -3.46. The number of benzene rings is 3. The van der Waals surface area contributed by atoms with Crippen LogP contribution in [0.5, 0.6) is 0 Å². The number of hydrogen-bond donors (Lipinski definition) is 2. The number of nitrogens with zero attached hydrogens (tertiary/aromatic N) is 2. The van der Waals surface area contributed by atoms with Crippen molar-refractivity contribution in [3.05, 3.63) is 72.6 Å². The van der Waals surface area contributed by atoms with Gasteiger partial charge in [0.1, 0.15) is 23.2 Å². The highest BCUT2D eigenvalue weighted by Crippen LogP contribution is 2.32. The second kappa shape index (κ2) is 9.19. The Morgan fingerprint density at radius 1 is 0.727 bits per heavy atom. The predicted octanol–water partition coefficient (Wildman–Crippen LogP) is 4.58. The number of carbonyl (C=O) groups excluding carboxylic acids is 2. The molecule has 0 aliphatic heterocycles. The summed E-state index contributed by atoms with van der Waals surface area (Å²) >= 11 is 0. The van der Waals surface area contributed by atoms with Gasteiger partial charge >= 0.3 is 0 Å². The number of H-pyrrole nitrogens is 2. The van der Waals surface area contributed by atoms with Crippen LogP contribution in [0.25, 0.3) is 44.4 Å². The highest BCUT2D eigenvalue weighted by atomic mass is 31.1. The quantitative estimate of drug-likeness (QED) is 0.269. The van der Waals surface area contributed by atoms with Crippen LogP contribution in [0.3, 0.4) is 0 Å². The molecule has 5 aromatic rings. The van der Waals surface area contributed by atoms with E-state index < -0.39 is 0 Å². The maximum Gasteiger partial charge on any atom is 0.146 e. The SMILES string of the molecule is Cc1c(-c2cnc(PC=O)[nH]2)ccc2cc(-c3ccc(-c4cnc(PC=O)[nH]4)cc3)ccc12. The lowest BCUT2D eigenvalue weighted by Crippen LogP contribution is -1.98. The molecule has 0 saturated heterocycles. The van der Waals surface area contributed by atoms with Gasteiger partial charge in [0.2, 0.25) is 0 Å². The molecule has 5 rings (SSSR count). The van der Waals surface area contributed by atoms with E-state index in [1.54, 1.807) is 12.4 Å². The highest BCUT2D eigenvalue weighted by molar-refractivity contribution is 7.62. The number of imidazole rings is 2. The van der Waals surface area contributed by atoms with Crippen LogP contribution in [-0.2, 0) is 9.59 Å². The van der Waals surface area contributed by atoms with E-state index in [0.717, 1.165) is 45.7 Å². The topological polar surface area (TPSA) is 91.5 Å². The van der Waals surface area contributed by atoms with Gasteiger partial charge in [0.15, 0.2) is 0 Å². The van der Waals surface area contributed by atoms with E-state index in [0.29, 0.717) is 11.1 Å². The van der Waals surface area contributed by atoms with Gasteiger partial charge in [-0.05, 0) is 46.0 Å². The molecule has 8 heteroatoms. The fourth-order valence-corrected chi connectivity index (χ4v) is 4.90. The predicted molar refractivity (Wildman–Crippen MR) is 139 cm³/mol. The molecule has 0 saturated carbocycles. The van der Waals surface area contributed by atoms with Gasteiger partial charge in [0.05, 0.1) is 23.8 Å². The zero-order valence-electron chi connectivity index (χ0n) is 17.7. The molecule has 0 fully saturated rings. The Labute approximate surface area is 193 Å². The fraction of sp³-hybridized carbons (Fsp3) is 0.0400. The van der Waals surface area contributed by atoms with Gasteiger partial charge in [-0.2, -0.15) is 0 Å². The lowest BCUT2D eigenvalue weighted by molar-refractivity contribution is 0.569. The molecule has 2 N–H and O–H groups in total. The normalized spacial score (nSPS) is 11.8. The number of aryl methyl sites for hydroxylation is 1. The van der Waals surface area contributed by atoms with Gasteiger partial charge in [-0.25, -0.2) is 9.97 Å².